The second kappa shape index (κ2) is 7.28. The summed E-state index contributed by atoms with van der Waals surface area (Å²) in [5.41, 5.74) is 1.24. The van der Waals surface area contributed by atoms with Crippen LogP contribution >= 0.6 is 0 Å². The average molecular weight is 286 g/mol. The molecule has 110 valence electrons. The van der Waals surface area contributed by atoms with E-state index in [1.807, 2.05) is 25.1 Å². The Labute approximate surface area is 123 Å². The van der Waals surface area contributed by atoms with Crippen LogP contribution < -0.4 is 14.8 Å². The van der Waals surface area contributed by atoms with Crippen molar-refractivity contribution in [2.24, 2.45) is 0 Å². The van der Waals surface area contributed by atoms with Crippen molar-refractivity contribution in [2.75, 3.05) is 13.7 Å². The molecule has 0 unspecified atom stereocenters. The maximum absolute atomic E-state index is 11.8. The normalized spacial score (nSPS) is 10.0. The molecule has 0 radical (unpaired) electrons. The van der Waals surface area contributed by atoms with E-state index in [4.69, 9.17) is 9.47 Å². The van der Waals surface area contributed by atoms with E-state index in [0.29, 0.717) is 23.8 Å². The van der Waals surface area contributed by atoms with Crippen molar-refractivity contribution in [2.45, 2.75) is 13.5 Å². The smallest absolute Gasteiger partial charge is 0.254 e. The van der Waals surface area contributed by atoms with Gasteiger partial charge in [-0.25, -0.2) is 4.98 Å². The quantitative estimate of drug-likeness (QED) is 0.886. The van der Waals surface area contributed by atoms with Gasteiger partial charge in [0.1, 0.15) is 12.4 Å². The Morgan fingerprint density at radius 2 is 1.95 bits per heavy atom. The van der Waals surface area contributed by atoms with Crippen molar-refractivity contribution in [3.63, 3.8) is 0 Å². The predicted molar refractivity (Wildman–Crippen MR) is 79.6 cm³/mol. The second-order valence-electron chi connectivity index (χ2n) is 4.26. The number of amides is 1. The van der Waals surface area contributed by atoms with E-state index in [9.17, 15) is 4.79 Å². The maximum atomic E-state index is 11.8. The minimum atomic E-state index is -0.179. The van der Waals surface area contributed by atoms with Crippen LogP contribution in [0.3, 0.4) is 0 Å². The van der Waals surface area contributed by atoms with Crippen molar-refractivity contribution >= 4 is 5.91 Å². The molecule has 0 fully saturated rings. The molecule has 0 aliphatic heterocycles. The third kappa shape index (κ3) is 3.95. The molecule has 1 aromatic carbocycles. The van der Waals surface area contributed by atoms with Crippen molar-refractivity contribution in [3.8, 4) is 11.6 Å². The van der Waals surface area contributed by atoms with E-state index in [1.165, 1.54) is 0 Å². The third-order valence-corrected chi connectivity index (χ3v) is 2.81. The zero-order valence-corrected chi connectivity index (χ0v) is 12.1. The van der Waals surface area contributed by atoms with Crippen LogP contribution in [0.5, 0.6) is 11.6 Å². The van der Waals surface area contributed by atoms with Gasteiger partial charge in [0.05, 0.1) is 17.9 Å². The van der Waals surface area contributed by atoms with Crippen LogP contribution in [0.2, 0.25) is 0 Å². The number of nitrogens with one attached hydrogen (secondary N) is 1. The number of pyridine rings is 1. The Bertz CT molecular complexity index is 614. The Balaban J connectivity index is 2.09. The molecule has 21 heavy (non-hydrogen) atoms. The highest BCUT2D eigenvalue weighted by Crippen LogP contribution is 2.19. The van der Waals surface area contributed by atoms with Gasteiger partial charge in [-0.2, -0.15) is 0 Å². The highest BCUT2D eigenvalue weighted by atomic mass is 16.5. The standard InChI is InChI=1S/C16H18N2O3/c1-3-20-15-10-6-7-12(18-15)11-21-14-9-5-4-8-13(14)16(19)17-2/h4-10H,3,11H2,1-2H3,(H,17,19). The van der Waals surface area contributed by atoms with E-state index < -0.39 is 0 Å². The van der Waals surface area contributed by atoms with E-state index in [-0.39, 0.29) is 12.5 Å². The maximum Gasteiger partial charge on any atom is 0.254 e. The van der Waals surface area contributed by atoms with Crippen molar-refractivity contribution < 1.29 is 14.3 Å². The molecule has 5 heteroatoms. The second-order valence-corrected chi connectivity index (χ2v) is 4.26. The number of rotatable bonds is 6. The number of hydrogen-bond acceptors (Lipinski definition) is 4. The highest BCUT2D eigenvalue weighted by Gasteiger charge is 2.10. The van der Waals surface area contributed by atoms with Gasteiger partial charge in [0.2, 0.25) is 5.88 Å². The van der Waals surface area contributed by atoms with Crippen LogP contribution in [0, 0.1) is 0 Å². The summed E-state index contributed by atoms with van der Waals surface area (Å²) in [5.74, 6) is 0.917. The molecular formula is C16H18N2O3. The van der Waals surface area contributed by atoms with Gasteiger partial charge in [-0.3, -0.25) is 4.79 Å². The average Bonchev–Trinajstić information content (AvgIpc) is 2.53. The first-order chi connectivity index (χ1) is 10.2. The van der Waals surface area contributed by atoms with E-state index in [1.54, 1.807) is 31.3 Å². The molecule has 5 nitrogen and oxygen atoms in total. The van der Waals surface area contributed by atoms with Crippen molar-refractivity contribution in [1.82, 2.24) is 10.3 Å². The van der Waals surface area contributed by atoms with Gasteiger partial charge in [0, 0.05) is 13.1 Å². The lowest BCUT2D eigenvalue weighted by atomic mass is 10.2. The molecule has 0 atom stereocenters. The summed E-state index contributed by atoms with van der Waals surface area (Å²) in [7, 11) is 1.59. The molecule has 0 saturated heterocycles. The summed E-state index contributed by atoms with van der Waals surface area (Å²) < 4.78 is 11.0. The lowest BCUT2D eigenvalue weighted by Crippen LogP contribution is -2.18. The van der Waals surface area contributed by atoms with Crippen LogP contribution in [0.1, 0.15) is 23.0 Å². The lowest BCUT2D eigenvalue weighted by Gasteiger charge is -2.10. The molecule has 1 aromatic heterocycles. The largest absolute Gasteiger partial charge is 0.486 e. The number of carbonyl (C=O) groups is 1. The Morgan fingerprint density at radius 3 is 2.71 bits per heavy atom. The Kier molecular flexibility index (Phi) is 5.15. The topological polar surface area (TPSA) is 60.5 Å². The highest BCUT2D eigenvalue weighted by molar-refractivity contribution is 5.96. The van der Waals surface area contributed by atoms with E-state index in [2.05, 4.69) is 10.3 Å². The molecule has 2 aromatic rings. The molecule has 2 rings (SSSR count). The minimum Gasteiger partial charge on any atom is -0.486 e. The zero-order valence-electron chi connectivity index (χ0n) is 12.1. The molecule has 1 N–H and O–H groups in total. The SMILES string of the molecule is CCOc1cccc(COc2ccccc2C(=O)NC)n1. The van der Waals surface area contributed by atoms with Crippen LogP contribution in [0.25, 0.3) is 0 Å². The minimum absolute atomic E-state index is 0.179. The van der Waals surface area contributed by atoms with Gasteiger partial charge in [0.15, 0.2) is 0 Å². The zero-order chi connectivity index (χ0) is 15.1. The first kappa shape index (κ1) is 14.8. The summed E-state index contributed by atoms with van der Waals surface area (Å²) in [4.78, 5) is 16.1. The number of aromatic nitrogens is 1. The number of benzene rings is 1. The lowest BCUT2D eigenvalue weighted by molar-refractivity contribution is 0.0958. The summed E-state index contributed by atoms with van der Waals surface area (Å²) in [5, 5.41) is 2.59. The fraction of sp³-hybridized carbons (Fsp3) is 0.250. The first-order valence-corrected chi connectivity index (χ1v) is 6.77. The van der Waals surface area contributed by atoms with Gasteiger partial charge < -0.3 is 14.8 Å². The van der Waals surface area contributed by atoms with Gasteiger partial charge >= 0.3 is 0 Å². The van der Waals surface area contributed by atoms with Crippen LogP contribution in [0.15, 0.2) is 42.5 Å². The van der Waals surface area contributed by atoms with Crippen LogP contribution in [-0.2, 0) is 6.61 Å². The molecule has 1 heterocycles. The summed E-state index contributed by atoms with van der Waals surface area (Å²) >= 11 is 0. The number of para-hydroxylation sites is 1. The van der Waals surface area contributed by atoms with Crippen molar-refractivity contribution in [1.29, 1.82) is 0 Å². The van der Waals surface area contributed by atoms with Crippen molar-refractivity contribution in [3.05, 3.63) is 53.7 Å². The summed E-state index contributed by atoms with van der Waals surface area (Å²) in [6, 6.07) is 12.6. The summed E-state index contributed by atoms with van der Waals surface area (Å²) in [6.07, 6.45) is 0. The monoisotopic (exact) mass is 286 g/mol. The van der Waals surface area contributed by atoms with Gasteiger partial charge in [0.25, 0.3) is 5.91 Å². The van der Waals surface area contributed by atoms with Crippen LogP contribution in [-0.4, -0.2) is 24.5 Å². The van der Waals surface area contributed by atoms with E-state index >= 15 is 0 Å². The number of nitrogens with zero attached hydrogens (tertiary/aromatic N) is 1. The van der Waals surface area contributed by atoms with Crippen LogP contribution in [0.4, 0.5) is 0 Å². The fourth-order valence-corrected chi connectivity index (χ4v) is 1.83. The Hall–Kier alpha value is -2.56. The van der Waals surface area contributed by atoms with E-state index in [0.717, 1.165) is 5.69 Å². The molecular weight excluding hydrogens is 268 g/mol. The number of carbonyl (C=O) groups excluding carboxylic acids is 1. The molecule has 0 saturated carbocycles. The number of hydrogen-bond donors (Lipinski definition) is 1. The Morgan fingerprint density at radius 1 is 1.14 bits per heavy atom. The predicted octanol–water partition coefficient (Wildman–Crippen LogP) is 2.42. The van der Waals surface area contributed by atoms with Gasteiger partial charge in [-0.1, -0.05) is 18.2 Å². The fourth-order valence-electron chi connectivity index (χ4n) is 1.83. The number of ether oxygens (including phenoxy) is 2. The molecule has 0 spiro atoms. The first-order valence-electron chi connectivity index (χ1n) is 6.77. The molecule has 0 aliphatic rings. The molecule has 0 aliphatic carbocycles. The summed E-state index contributed by atoms with van der Waals surface area (Å²) in [6.45, 7) is 2.75. The van der Waals surface area contributed by atoms with Gasteiger partial charge in [-0.15, -0.1) is 0 Å². The molecule has 1 amide bonds. The van der Waals surface area contributed by atoms with Gasteiger partial charge in [-0.05, 0) is 25.1 Å². The molecule has 0 bridgehead atoms. The third-order valence-electron chi connectivity index (χ3n) is 2.81.